The number of rotatable bonds is 7. The number of nitrogens with one attached hydrogen (secondary N) is 1. The van der Waals surface area contributed by atoms with E-state index in [4.69, 9.17) is 9.47 Å². The van der Waals surface area contributed by atoms with Crippen LogP contribution in [0.3, 0.4) is 0 Å². The molecule has 0 saturated heterocycles. The highest BCUT2D eigenvalue weighted by Gasteiger charge is 2.27. The number of hydrogen-bond donors (Lipinski definition) is 1. The Morgan fingerprint density at radius 2 is 2.00 bits per heavy atom. The number of carbonyl (C=O) groups excluding carboxylic acids is 2. The summed E-state index contributed by atoms with van der Waals surface area (Å²) in [6.07, 6.45) is -3.86. The Morgan fingerprint density at radius 3 is 2.57 bits per heavy atom. The second kappa shape index (κ2) is 7.51. The summed E-state index contributed by atoms with van der Waals surface area (Å²) < 4.78 is 46.1. The maximum Gasteiger partial charge on any atom is 0.405 e. The average Bonchev–Trinajstić information content (AvgIpc) is 2.43. The van der Waals surface area contributed by atoms with E-state index < -0.39 is 25.2 Å². The van der Waals surface area contributed by atoms with E-state index >= 15 is 0 Å². The van der Waals surface area contributed by atoms with Gasteiger partial charge in [-0.3, -0.25) is 9.59 Å². The third-order valence-corrected chi connectivity index (χ3v) is 2.25. The first-order chi connectivity index (χ1) is 9.85. The summed E-state index contributed by atoms with van der Waals surface area (Å²) in [7, 11) is 0. The van der Waals surface area contributed by atoms with Gasteiger partial charge in [-0.2, -0.15) is 13.2 Å². The number of hydrogen-bond acceptors (Lipinski definition) is 4. The van der Waals surface area contributed by atoms with Crippen LogP contribution in [0.2, 0.25) is 0 Å². The zero-order valence-corrected chi connectivity index (χ0v) is 11.2. The van der Waals surface area contributed by atoms with E-state index in [0.29, 0.717) is 18.5 Å². The lowest BCUT2D eigenvalue weighted by Crippen LogP contribution is -2.36. The molecule has 0 atom stereocenters. The normalized spacial score (nSPS) is 10.9. The van der Waals surface area contributed by atoms with Crippen molar-refractivity contribution in [2.45, 2.75) is 13.1 Å². The van der Waals surface area contributed by atoms with Gasteiger partial charge in [0.05, 0.1) is 6.61 Å². The minimum atomic E-state index is -4.47. The Hall–Kier alpha value is -2.25. The molecule has 1 rings (SSSR count). The highest BCUT2D eigenvalue weighted by molar-refractivity contribution is 5.78. The van der Waals surface area contributed by atoms with Crippen LogP contribution in [0.1, 0.15) is 17.3 Å². The van der Waals surface area contributed by atoms with Gasteiger partial charge in [0.2, 0.25) is 0 Å². The number of halogens is 3. The van der Waals surface area contributed by atoms with Gasteiger partial charge in [-0.05, 0) is 25.1 Å². The number of amides is 1. The summed E-state index contributed by atoms with van der Waals surface area (Å²) in [5, 5.41) is 1.68. The van der Waals surface area contributed by atoms with Crippen molar-refractivity contribution in [3.63, 3.8) is 0 Å². The molecule has 0 unspecified atom stereocenters. The predicted octanol–water partition coefficient (Wildman–Crippen LogP) is 1.96. The van der Waals surface area contributed by atoms with E-state index in [2.05, 4.69) is 0 Å². The quantitative estimate of drug-likeness (QED) is 0.782. The Bertz CT molecular complexity index is 503. The number of aldehydes is 1. The molecule has 0 heterocycles. The summed E-state index contributed by atoms with van der Waals surface area (Å²) in [6.45, 7) is 0.0144. The fraction of sp³-hybridized carbons (Fsp3) is 0.385. The van der Waals surface area contributed by atoms with Gasteiger partial charge in [-0.1, -0.05) is 0 Å². The topological polar surface area (TPSA) is 64.6 Å². The first kappa shape index (κ1) is 16.8. The zero-order chi connectivity index (χ0) is 15.9. The van der Waals surface area contributed by atoms with Crippen molar-refractivity contribution in [3.8, 4) is 11.5 Å². The zero-order valence-electron chi connectivity index (χ0n) is 11.2. The number of alkyl halides is 3. The second-order valence-electron chi connectivity index (χ2n) is 3.94. The smallest absolute Gasteiger partial charge is 0.405 e. The molecule has 116 valence electrons. The predicted molar refractivity (Wildman–Crippen MR) is 67.6 cm³/mol. The van der Waals surface area contributed by atoms with Crippen molar-refractivity contribution in [2.75, 3.05) is 19.8 Å². The number of benzene rings is 1. The molecule has 5 nitrogen and oxygen atoms in total. The van der Waals surface area contributed by atoms with Crippen LogP contribution < -0.4 is 14.8 Å². The Kier molecular flexibility index (Phi) is 6.01. The molecule has 1 amide bonds. The lowest BCUT2D eigenvalue weighted by atomic mass is 10.2. The molecular formula is C13H14F3NO4. The molecule has 0 aliphatic heterocycles. The highest BCUT2D eigenvalue weighted by Crippen LogP contribution is 2.28. The van der Waals surface area contributed by atoms with Gasteiger partial charge in [0.15, 0.2) is 18.1 Å². The average molecular weight is 305 g/mol. The minimum Gasteiger partial charge on any atom is -0.490 e. The summed E-state index contributed by atoms with van der Waals surface area (Å²) in [6, 6.07) is 4.27. The van der Waals surface area contributed by atoms with E-state index in [-0.39, 0.29) is 11.5 Å². The van der Waals surface area contributed by atoms with Crippen molar-refractivity contribution in [2.24, 2.45) is 0 Å². The Morgan fingerprint density at radius 1 is 1.29 bits per heavy atom. The summed E-state index contributed by atoms with van der Waals surface area (Å²) in [5.41, 5.74) is 0.354. The molecule has 0 aliphatic carbocycles. The van der Waals surface area contributed by atoms with Gasteiger partial charge in [-0.25, -0.2) is 0 Å². The molecule has 0 radical (unpaired) electrons. The Balaban J connectivity index is 2.61. The van der Waals surface area contributed by atoms with E-state index in [9.17, 15) is 22.8 Å². The molecule has 0 bridgehead atoms. The molecule has 0 aliphatic rings. The molecule has 0 saturated carbocycles. The van der Waals surface area contributed by atoms with E-state index in [1.54, 1.807) is 12.2 Å². The fourth-order valence-corrected chi connectivity index (χ4v) is 1.38. The Labute approximate surface area is 119 Å². The van der Waals surface area contributed by atoms with E-state index in [1.165, 1.54) is 18.2 Å². The van der Waals surface area contributed by atoms with Crippen molar-refractivity contribution in [3.05, 3.63) is 23.8 Å². The summed E-state index contributed by atoms with van der Waals surface area (Å²) >= 11 is 0. The van der Waals surface area contributed by atoms with Gasteiger partial charge in [-0.15, -0.1) is 0 Å². The number of ether oxygens (including phenoxy) is 2. The largest absolute Gasteiger partial charge is 0.490 e. The SMILES string of the molecule is CCOc1cc(C=O)ccc1OCC(=O)NCC(F)(F)F. The first-order valence-corrected chi connectivity index (χ1v) is 6.04. The fourth-order valence-electron chi connectivity index (χ4n) is 1.38. The van der Waals surface area contributed by atoms with Crippen molar-refractivity contribution >= 4 is 12.2 Å². The molecule has 1 N–H and O–H groups in total. The first-order valence-electron chi connectivity index (χ1n) is 6.04. The maximum atomic E-state index is 11.9. The monoisotopic (exact) mass is 305 g/mol. The van der Waals surface area contributed by atoms with Gasteiger partial charge in [0, 0.05) is 5.56 Å². The number of carbonyl (C=O) groups is 2. The van der Waals surface area contributed by atoms with Gasteiger partial charge in [0.25, 0.3) is 5.91 Å². The molecule has 21 heavy (non-hydrogen) atoms. The van der Waals surface area contributed by atoms with Crippen LogP contribution in [0.4, 0.5) is 13.2 Å². The second-order valence-corrected chi connectivity index (χ2v) is 3.94. The molecule has 1 aromatic carbocycles. The highest BCUT2D eigenvalue weighted by atomic mass is 19.4. The van der Waals surface area contributed by atoms with Crippen LogP contribution in [0.25, 0.3) is 0 Å². The summed E-state index contributed by atoms with van der Waals surface area (Å²) in [4.78, 5) is 21.9. The molecule has 0 fully saturated rings. The van der Waals surface area contributed by atoms with E-state index in [1.807, 2.05) is 0 Å². The van der Waals surface area contributed by atoms with E-state index in [0.717, 1.165) is 0 Å². The summed E-state index contributed by atoms with van der Waals surface area (Å²) in [5.74, 6) is -0.496. The van der Waals surface area contributed by atoms with Crippen LogP contribution in [0.15, 0.2) is 18.2 Å². The standard InChI is InChI=1S/C13H14F3NO4/c1-2-20-11-5-9(6-18)3-4-10(11)21-7-12(19)17-8-13(14,15)16/h3-6H,2,7-8H2,1H3,(H,17,19). The lowest BCUT2D eigenvalue weighted by molar-refractivity contribution is -0.139. The van der Waals surface area contributed by atoms with Gasteiger partial charge < -0.3 is 14.8 Å². The third-order valence-electron chi connectivity index (χ3n) is 2.25. The molecule has 1 aromatic rings. The lowest BCUT2D eigenvalue weighted by Gasteiger charge is -2.13. The van der Waals surface area contributed by atoms with Crippen LogP contribution in [-0.4, -0.2) is 38.1 Å². The third kappa shape index (κ3) is 6.15. The molecular weight excluding hydrogens is 291 g/mol. The van der Waals surface area contributed by atoms with Crippen LogP contribution in [0, 0.1) is 0 Å². The molecule has 0 aromatic heterocycles. The van der Waals surface area contributed by atoms with Crippen LogP contribution >= 0.6 is 0 Å². The molecule has 0 spiro atoms. The van der Waals surface area contributed by atoms with Crippen LogP contribution in [0.5, 0.6) is 11.5 Å². The van der Waals surface area contributed by atoms with Crippen molar-refractivity contribution < 1.29 is 32.2 Å². The maximum absolute atomic E-state index is 11.9. The van der Waals surface area contributed by atoms with Gasteiger partial charge >= 0.3 is 6.18 Å². The van der Waals surface area contributed by atoms with Crippen molar-refractivity contribution in [1.82, 2.24) is 5.32 Å². The van der Waals surface area contributed by atoms with Crippen molar-refractivity contribution in [1.29, 1.82) is 0 Å². The van der Waals surface area contributed by atoms with Crippen LogP contribution in [-0.2, 0) is 4.79 Å². The molecule has 8 heteroatoms. The minimum absolute atomic E-state index is 0.171. The van der Waals surface area contributed by atoms with Gasteiger partial charge in [0.1, 0.15) is 12.8 Å².